The largest absolute Gasteiger partial charge is 0.480 e. The highest BCUT2D eigenvalue weighted by molar-refractivity contribution is 6.01. The minimum absolute atomic E-state index is 0.220. The molecule has 1 aliphatic rings. The predicted molar refractivity (Wildman–Crippen MR) is 80.5 cm³/mol. The van der Waals surface area contributed by atoms with Crippen LogP contribution in [0.25, 0.3) is 0 Å². The van der Waals surface area contributed by atoms with Gasteiger partial charge in [0.25, 0.3) is 5.91 Å². The van der Waals surface area contributed by atoms with Crippen LogP contribution >= 0.6 is 0 Å². The molecule has 2 rings (SSSR count). The lowest BCUT2D eigenvalue weighted by Crippen LogP contribution is -2.54. The monoisotopic (exact) mass is 304 g/mol. The molecule has 0 bridgehead atoms. The molecule has 2 amide bonds. The molecule has 22 heavy (non-hydrogen) atoms. The molecular weight excluding hydrogens is 284 g/mol. The number of carboxylic acid groups (broad SMARTS) is 1. The van der Waals surface area contributed by atoms with Gasteiger partial charge in [-0.2, -0.15) is 0 Å². The molecule has 0 radical (unpaired) electrons. The van der Waals surface area contributed by atoms with Crippen molar-refractivity contribution in [2.24, 2.45) is 5.73 Å². The van der Waals surface area contributed by atoms with Crippen LogP contribution in [-0.4, -0.2) is 28.4 Å². The van der Waals surface area contributed by atoms with E-state index in [0.717, 1.165) is 25.7 Å². The topological polar surface area (TPSA) is 109 Å². The van der Waals surface area contributed by atoms with Crippen molar-refractivity contribution in [1.29, 1.82) is 0 Å². The Balaban J connectivity index is 2.23. The van der Waals surface area contributed by atoms with Crippen molar-refractivity contribution in [2.75, 3.05) is 0 Å². The summed E-state index contributed by atoms with van der Waals surface area (Å²) in [6.07, 6.45) is 4.33. The molecule has 0 saturated heterocycles. The van der Waals surface area contributed by atoms with Crippen molar-refractivity contribution in [3.63, 3.8) is 0 Å². The first-order valence-corrected chi connectivity index (χ1v) is 7.40. The summed E-state index contributed by atoms with van der Waals surface area (Å²) in [6, 6.07) is 5.98. The van der Waals surface area contributed by atoms with Gasteiger partial charge in [-0.1, -0.05) is 31.7 Å². The fourth-order valence-electron chi connectivity index (χ4n) is 2.83. The minimum Gasteiger partial charge on any atom is -0.480 e. The van der Waals surface area contributed by atoms with Crippen molar-refractivity contribution >= 4 is 17.8 Å². The summed E-state index contributed by atoms with van der Waals surface area (Å²) in [5.74, 6) is -2.13. The number of carboxylic acids is 1. The number of hydrogen-bond acceptors (Lipinski definition) is 3. The number of hydrogen-bond donors (Lipinski definition) is 3. The van der Waals surface area contributed by atoms with E-state index in [1.54, 1.807) is 6.07 Å². The summed E-state index contributed by atoms with van der Waals surface area (Å²) >= 11 is 0. The first-order valence-electron chi connectivity index (χ1n) is 7.40. The van der Waals surface area contributed by atoms with Crippen LogP contribution in [-0.2, 0) is 4.79 Å². The molecule has 1 aromatic rings. The van der Waals surface area contributed by atoms with Gasteiger partial charge in [-0.15, -0.1) is 0 Å². The van der Waals surface area contributed by atoms with Gasteiger partial charge >= 0.3 is 5.97 Å². The van der Waals surface area contributed by atoms with E-state index in [0.29, 0.717) is 12.8 Å². The first kappa shape index (κ1) is 16.0. The third kappa shape index (κ3) is 3.44. The molecule has 0 spiro atoms. The average Bonchev–Trinajstić information content (AvgIpc) is 2.74. The van der Waals surface area contributed by atoms with Crippen LogP contribution in [0, 0.1) is 0 Å². The van der Waals surface area contributed by atoms with Crippen LogP contribution in [0.2, 0.25) is 0 Å². The van der Waals surface area contributed by atoms with Gasteiger partial charge in [-0.05, 0) is 31.0 Å². The van der Waals surface area contributed by atoms with Gasteiger partial charge in [0.2, 0.25) is 5.91 Å². The maximum atomic E-state index is 12.4. The highest BCUT2D eigenvalue weighted by Gasteiger charge is 2.40. The zero-order valence-corrected chi connectivity index (χ0v) is 12.3. The summed E-state index contributed by atoms with van der Waals surface area (Å²) in [6.45, 7) is 0. The minimum atomic E-state index is -1.23. The smallest absolute Gasteiger partial charge is 0.329 e. The highest BCUT2D eigenvalue weighted by atomic mass is 16.4. The molecule has 1 saturated carbocycles. The van der Waals surface area contributed by atoms with E-state index in [-0.39, 0.29) is 11.1 Å². The van der Waals surface area contributed by atoms with E-state index >= 15 is 0 Å². The number of carbonyl (C=O) groups excluding carboxylic acids is 2. The zero-order chi connectivity index (χ0) is 16.2. The molecule has 0 atom stereocenters. The predicted octanol–water partition coefficient (Wildman–Crippen LogP) is 1.69. The first-order chi connectivity index (χ1) is 10.4. The molecule has 0 aliphatic heterocycles. The Morgan fingerprint density at radius 1 is 1.05 bits per heavy atom. The second kappa shape index (κ2) is 6.60. The lowest BCUT2D eigenvalue weighted by atomic mass is 9.89. The van der Waals surface area contributed by atoms with Gasteiger partial charge in [0.1, 0.15) is 5.54 Å². The van der Waals surface area contributed by atoms with Crippen LogP contribution in [0.1, 0.15) is 59.2 Å². The van der Waals surface area contributed by atoms with Gasteiger partial charge in [-0.3, -0.25) is 9.59 Å². The number of nitrogens with two attached hydrogens (primary N) is 1. The summed E-state index contributed by atoms with van der Waals surface area (Å²) in [4.78, 5) is 35.2. The molecule has 0 heterocycles. The van der Waals surface area contributed by atoms with Gasteiger partial charge in [0.05, 0.1) is 0 Å². The summed E-state index contributed by atoms with van der Waals surface area (Å²) in [7, 11) is 0. The van der Waals surface area contributed by atoms with Gasteiger partial charge < -0.3 is 16.2 Å². The molecule has 1 aliphatic carbocycles. The normalized spacial score (nSPS) is 17.3. The van der Waals surface area contributed by atoms with E-state index in [9.17, 15) is 19.5 Å². The Hall–Kier alpha value is -2.37. The summed E-state index contributed by atoms with van der Waals surface area (Å²) < 4.78 is 0. The van der Waals surface area contributed by atoms with E-state index in [2.05, 4.69) is 5.32 Å². The van der Waals surface area contributed by atoms with E-state index in [1.165, 1.54) is 18.2 Å². The van der Waals surface area contributed by atoms with Crippen molar-refractivity contribution in [1.82, 2.24) is 5.32 Å². The Kier molecular flexibility index (Phi) is 4.80. The van der Waals surface area contributed by atoms with Crippen molar-refractivity contribution in [3.8, 4) is 0 Å². The van der Waals surface area contributed by atoms with Crippen molar-refractivity contribution < 1.29 is 19.5 Å². The molecule has 6 heteroatoms. The molecule has 0 aromatic heterocycles. The zero-order valence-electron chi connectivity index (χ0n) is 12.3. The van der Waals surface area contributed by atoms with E-state index < -0.39 is 23.3 Å². The van der Waals surface area contributed by atoms with Gasteiger partial charge in [0, 0.05) is 11.1 Å². The SMILES string of the molecule is NC(=O)c1cccc(C(=O)NC2(C(=O)O)CCCCCC2)c1. The fraction of sp³-hybridized carbons (Fsp3) is 0.438. The standard InChI is InChI=1S/C16H20N2O4/c17-13(19)11-6-5-7-12(10-11)14(20)18-16(15(21)22)8-3-1-2-4-9-16/h5-7,10H,1-4,8-9H2,(H2,17,19)(H,18,20)(H,21,22). The quantitative estimate of drug-likeness (QED) is 0.735. The Morgan fingerprint density at radius 2 is 1.64 bits per heavy atom. The second-order valence-corrected chi connectivity index (χ2v) is 5.70. The maximum absolute atomic E-state index is 12.4. The highest BCUT2D eigenvalue weighted by Crippen LogP contribution is 2.28. The Bertz CT molecular complexity index is 590. The number of nitrogens with one attached hydrogen (secondary N) is 1. The molecule has 6 nitrogen and oxygen atoms in total. The van der Waals surface area contributed by atoms with Gasteiger partial charge in [0.15, 0.2) is 0 Å². The number of aliphatic carboxylic acids is 1. The molecular formula is C16H20N2O4. The van der Waals surface area contributed by atoms with Crippen LogP contribution in [0.3, 0.4) is 0 Å². The third-order valence-corrected chi connectivity index (χ3v) is 4.13. The molecule has 118 valence electrons. The lowest BCUT2D eigenvalue weighted by Gasteiger charge is -2.29. The number of benzene rings is 1. The molecule has 4 N–H and O–H groups in total. The van der Waals surface area contributed by atoms with Crippen molar-refractivity contribution in [2.45, 2.75) is 44.1 Å². The second-order valence-electron chi connectivity index (χ2n) is 5.70. The summed E-state index contributed by atoms with van der Waals surface area (Å²) in [5.41, 5.74) is 4.43. The summed E-state index contributed by atoms with van der Waals surface area (Å²) in [5, 5.41) is 12.2. The van der Waals surface area contributed by atoms with Gasteiger partial charge in [-0.25, -0.2) is 4.79 Å². The fourth-order valence-corrected chi connectivity index (χ4v) is 2.83. The van der Waals surface area contributed by atoms with E-state index in [4.69, 9.17) is 5.73 Å². The number of amides is 2. The van der Waals surface area contributed by atoms with E-state index in [1.807, 2.05) is 0 Å². The molecule has 1 aromatic carbocycles. The third-order valence-electron chi connectivity index (χ3n) is 4.13. The van der Waals surface area contributed by atoms with Crippen LogP contribution < -0.4 is 11.1 Å². The average molecular weight is 304 g/mol. The number of carbonyl (C=O) groups is 3. The number of rotatable bonds is 4. The molecule has 1 fully saturated rings. The van der Waals surface area contributed by atoms with Crippen LogP contribution in [0.15, 0.2) is 24.3 Å². The van der Waals surface area contributed by atoms with Crippen LogP contribution in [0.4, 0.5) is 0 Å². The Labute approximate surface area is 128 Å². The number of primary amides is 1. The molecule has 0 unspecified atom stereocenters. The van der Waals surface area contributed by atoms with Crippen LogP contribution in [0.5, 0.6) is 0 Å². The lowest BCUT2D eigenvalue weighted by molar-refractivity contribution is -0.145. The van der Waals surface area contributed by atoms with Crippen molar-refractivity contribution in [3.05, 3.63) is 35.4 Å². The maximum Gasteiger partial charge on any atom is 0.329 e. The Morgan fingerprint density at radius 3 is 2.18 bits per heavy atom.